The summed E-state index contributed by atoms with van der Waals surface area (Å²) >= 11 is 0. The molecule has 0 aliphatic rings. The Hall–Kier alpha value is -2.43. The first kappa shape index (κ1) is 10.7. The molecule has 5 heteroatoms. The summed E-state index contributed by atoms with van der Waals surface area (Å²) in [7, 11) is 1.87. The van der Waals surface area contributed by atoms with Gasteiger partial charge in [-0.15, -0.1) is 0 Å². The molecular formula is C13H12N4O. The minimum Gasteiger partial charge on any atom is -0.366 e. The number of fused-ring (bicyclic) bond motifs is 3. The van der Waals surface area contributed by atoms with Gasteiger partial charge in [0.25, 0.3) is 0 Å². The Kier molecular flexibility index (Phi) is 2.10. The Morgan fingerprint density at radius 2 is 2.11 bits per heavy atom. The number of carbonyl (C=O) groups excluding carboxylic acids is 1. The molecule has 0 atom stereocenters. The molecule has 18 heavy (non-hydrogen) atoms. The number of hydrogen-bond acceptors (Lipinski definition) is 3. The highest BCUT2D eigenvalue weighted by Crippen LogP contribution is 2.25. The van der Waals surface area contributed by atoms with E-state index in [4.69, 9.17) is 5.73 Å². The molecule has 5 nitrogen and oxygen atoms in total. The van der Waals surface area contributed by atoms with Crippen molar-refractivity contribution in [3.8, 4) is 0 Å². The van der Waals surface area contributed by atoms with Gasteiger partial charge in [-0.3, -0.25) is 14.5 Å². The average molecular weight is 240 g/mol. The van der Waals surface area contributed by atoms with Crippen LogP contribution in [0.25, 0.3) is 21.8 Å². The van der Waals surface area contributed by atoms with Crippen molar-refractivity contribution in [3.05, 3.63) is 35.7 Å². The summed E-state index contributed by atoms with van der Waals surface area (Å²) in [5, 5.41) is 6.05. The zero-order valence-corrected chi connectivity index (χ0v) is 10.1. The molecule has 3 rings (SSSR count). The average Bonchev–Trinajstić information content (AvgIpc) is 2.70. The van der Waals surface area contributed by atoms with E-state index in [2.05, 4.69) is 10.1 Å². The molecule has 1 amide bonds. The van der Waals surface area contributed by atoms with E-state index in [1.807, 2.05) is 20.0 Å². The predicted octanol–water partition coefficient (Wildman–Crippen LogP) is 1.53. The van der Waals surface area contributed by atoms with E-state index in [-0.39, 0.29) is 0 Å². The van der Waals surface area contributed by atoms with Crippen molar-refractivity contribution in [1.82, 2.24) is 14.8 Å². The largest absolute Gasteiger partial charge is 0.366 e. The summed E-state index contributed by atoms with van der Waals surface area (Å²) in [4.78, 5) is 15.8. The maximum absolute atomic E-state index is 11.4. The van der Waals surface area contributed by atoms with Crippen molar-refractivity contribution < 1.29 is 4.79 Å². The second-order valence-corrected chi connectivity index (χ2v) is 4.38. The summed E-state index contributed by atoms with van der Waals surface area (Å²) < 4.78 is 1.78. The highest BCUT2D eigenvalue weighted by atomic mass is 16.1. The minimum absolute atomic E-state index is 0.423. The molecule has 0 saturated carbocycles. The molecule has 0 aliphatic heterocycles. The lowest BCUT2D eigenvalue weighted by molar-refractivity contribution is 0.1000. The van der Waals surface area contributed by atoms with Gasteiger partial charge in [0.2, 0.25) is 5.91 Å². The van der Waals surface area contributed by atoms with Crippen LogP contribution in [0, 0.1) is 6.92 Å². The number of benzene rings is 1. The fourth-order valence-corrected chi connectivity index (χ4v) is 2.27. The van der Waals surface area contributed by atoms with Crippen LogP contribution in [0.1, 0.15) is 15.9 Å². The standard InChI is InChI=1S/C13H12N4O/c1-7-3-11-10(4-9(7)13(14)18)12-8(5-15-11)6-16-17(12)2/h3-6H,1-2H3,(H2,14,18). The fraction of sp³-hybridized carbons (Fsp3) is 0.154. The highest BCUT2D eigenvalue weighted by molar-refractivity contribution is 6.07. The van der Waals surface area contributed by atoms with Crippen molar-refractivity contribution in [2.24, 2.45) is 12.8 Å². The van der Waals surface area contributed by atoms with Gasteiger partial charge < -0.3 is 5.73 Å². The zero-order chi connectivity index (χ0) is 12.9. The minimum atomic E-state index is -0.423. The van der Waals surface area contributed by atoms with Gasteiger partial charge in [0, 0.05) is 29.6 Å². The first-order valence-corrected chi connectivity index (χ1v) is 5.59. The highest BCUT2D eigenvalue weighted by Gasteiger charge is 2.11. The molecule has 0 bridgehead atoms. The van der Waals surface area contributed by atoms with Crippen molar-refractivity contribution in [3.63, 3.8) is 0 Å². The van der Waals surface area contributed by atoms with Gasteiger partial charge in [-0.25, -0.2) is 0 Å². The smallest absolute Gasteiger partial charge is 0.248 e. The SMILES string of the molecule is Cc1cc2ncc3cnn(C)c3c2cc1C(N)=O. The normalized spacial score (nSPS) is 11.2. The lowest BCUT2D eigenvalue weighted by Gasteiger charge is -2.06. The number of rotatable bonds is 1. The molecule has 0 spiro atoms. The molecule has 1 aromatic carbocycles. The molecule has 2 aromatic heterocycles. The molecule has 90 valence electrons. The molecule has 0 fully saturated rings. The number of primary amides is 1. The molecule has 0 radical (unpaired) electrons. The van der Waals surface area contributed by atoms with Gasteiger partial charge in [-0.1, -0.05) is 0 Å². The van der Waals surface area contributed by atoms with Crippen LogP contribution in [0.5, 0.6) is 0 Å². The van der Waals surface area contributed by atoms with Gasteiger partial charge >= 0.3 is 0 Å². The first-order valence-electron chi connectivity index (χ1n) is 5.59. The Labute approximate surface area is 103 Å². The Morgan fingerprint density at radius 3 is 2.83 bits per heavy atom. The van der Waals surface area contributed by atoms with Crippen LogP contribution in [0.3, 0.4) is 0 Å². The summed E-state index contributed by atoms with van der Waals surface area (Å²) in [6.45, 7) is 1.86. The van der Waals surface area contributed by atoms with Crippen molar-refractivity contribution >= 4 is 27.7 Å². The molecular weight excluding hydrogens is 228 g/mol. The van der Waals surface area contributed by atoms with Crippen molar-refractivity contribution in [2.45, 2.75) is 6.92 Å². The van der Waals surface area contributed by atoms with Gasteiger partial charge in [0.1, 0.15) is 0 Å². The van der Waals surface area contributed by atoms with E-state index >= 15 is 0 Å². The molecule has 3 aromatic rings. The van der Waals surface area contributed by atoms with E-state index < -0.39 is 5.91 Å². The predicted molar refractivity (Wildman–Crippen MR) is 69.3 cm³/mol. The zero-order valence-electron chi connectivity index (χ0n) is 10.1. The monoisotopic (exact) mass is 240 g/mol. The number of hydrogen-bond donors (Lipinski definition) is 1. The number of amides is 1. The molecule has 2 heterocycles. The molecule has 0 aliphatic carbocycles. The lowest BCUT2D eigenvalue weighted by Crippen LogP contribution is -2.12. The van der Waals surface area contributed by atoms with E-state index in [1.54, 1.807) is 23.1 Å². The van der Waals surface area contributed by atoms with E-state index in [0.717, 1.165) is 27.4 Å². The van der Waals surface area contributed by atoms with Crippen LogP contribution in [0.2, 0.25) is 0 Å². The summed E-state index contributed by atoms with van der Waals surface area (Å²) in [5.74, 6) is -0.423. The maximum Gasteiger partial charge on any atom is 0.248 e. The van der Waals surface area contributed by atoms with Crippen LogP contribution in [0.4, 0.5) is 0 Å². The van der Waals surface area contributed by atoms with Crippen molar-refractivity contribution in [1.29, 1.82) is 0 Å². The second kappa shape index (κ2) is 3.53. The van der Waals surface area contributed by atoms with Gasteiger partial charge in [-0.05, 0) is 24.6 Å². The summed E-state index contributed by atoms with van der Waals surface area (Å²) in [6.07, 6.45) is 3.54. The maximum atomic E-state index is 11.4. The Bertz CT molecular complexity index is 788. The van der Waals surface area contributed by atoms with E-state index in [1.165, 1.54) is 0 Å². The fourth-order valence-electron chi connectivity index (χ4n) is 2.27. The topological polar surface area (TPSA) is 73.8 Å². The summed E-state index contributed by atoms with van der Waals surface area (Å²) in [6, 6.07) is 3.67. The van der Waals surface area contributed by atoms with Crippen LogP contribution in [-0.2, 0) is 7.05 Å². The Balaban J connectivity index is 2.52. The number of carbonyl (C=O) groups is 1. The first-order chi connectivity index (χ1) is 8.58. The van der Waals surface area contributed by atoms with E-state index in [0.29, 0.717) is 5.56 Å². The van der Waals surface area contributed by atoms with Gasteiger partial charge in [0.05, 0.1) is 17.2 Å². The van der Waals surface area contributed by atoms with Crippen molar-refractivity contribution in [2.75, 3.05) is 0 Å². The number of nitrogens with two attached hydrogens (primary N) is 1. The van der Waals surface area contributed by atoms with Gasteiger partial charge in [0.15, 0.2) is 0 Å². The third-order valence-corrected chi connectivity index (χ3v) is 3.17. The van der Waals surface area contributed by atoms with Crippen LogP contribution in [-0.4, -0.2) is 20.7 Å². The van der Waals surface area contributed by atoms with Gasteiger partial charge in [-0.2, -0.15) is 5.10 Å². The second-order valence-electron chi connectivity index (χ2n) is 4.38. The molecule has 0 saturated heterocycles. The molecule has 0 unspecified atom stereocenters. The molecule has 2 N–H and O–H groups in total. The summed E-state index contributed by atoms with van der Waals surface area (Å²) in [5.41, 5.74) is 8.55. The van der Waals surface area contributed by atoms with Crippen LogP contribution in [0.15, 0.2) is 24.5 Å². The third kappa shape index (κ3) is 1.37. The number of aromatic nitrogens is 3. The van der Waals surface area contributed by atoms with Crippen LogP contribution >= 0.6 is 0 Å². The third-order valence-electron chi connectivity index (χ3n) is 3.17. The number of aryl methyl sites for hydroxylation is 2. The quantitative estimate of drug-likeness (QED) is 0.701. The number of nitrogens with zero attached hydrogens (tertiary/aromatic N) is 3. The Morgan fingerprint density at radius 1 is 1.33 bits per heavy atom. The number of pyridine rings is 1. The van der Waals surface area contributed by atoms with E-state index in [9.17, 15) is 4.79 Å². The lowest BCUT2D eigenvalue weighted by atomic mass is 10.0. The van der Waals surface area contributed by atoms with Crippen LogP contribution < -0.4 is 5.73 Å².